The molecule has 0 bridgehead atoms. The third kappa shape index (κ3) is 3.58. The fourth-order valence-electron chi connectivity index (χ4n) is 1.47. The van der Waals surface area contributed by atoms with Crippen LogP contribution in [0.3, 0.4) is 0 Å². The fraction of sp³-hybridized carbons (Fsp3) is 0. The van der Waals surface area contributed by atoms with Gasteiger partial charge in [0.1, 0.15) is 0 Å². The molecule has 0 aliphatic carbocycles. The zero-order chi connectivity index (χ0) is 13.9. The molecule has 2 rings (SSSR count). The number of aromatic hydroxyl groups is 1. The molecule has 0 spiro atoms. The van der Waals surface area contributed by atoms with Crippen molar-refractivity contribution in [2.24, 2.45) is 4.99 Å². The van der Waals surface area contributed by atoms with Crippen LogP contribution >= 0.6 is 0 Å². The molecule has 0 aliphatic heterocycles. The number of rotatable bonds is 3. The van der Waals surface area contributed by atoms with Crippen LogP contribution in [0.2, 0.25) is 0 Å². The summed E-state index contributed by atoms with van der Waals surface area (Å²) in [5.41, 5.74) is 1.13. The van der Waals surface area contributed by atoms with E-state index in [-0.39, 0.29) is 10.1 Å². The average molecular weight is 321 g/mol. The Bertz CT molecular complexity index is 646. The van der Waals surface area contributed by atoms with E-state index in [0.717, 1.165) is 0 Å². The van der Waals surface area contributed by atoms with Crippen molar-refractivity contribution in [2.45, 2.75) is 0 Å². The zero-order valence-electron chi connectivity index (χ0n) is 9.84. The SMILES string of the molecule is O=[As](O)(O)c1ccc(N=Cc2ccccc2O)cc1. The Labute approximate surface area is 112 Å². The van der Waals surface area contributed by atoms with Crippen LogP contribution in [0.25, 0.3) is 0 Å². The second-order valence-electron chi connectivity index (χ2n) is 3.88. The Balaban J connectivity index is 2.21. The second kappa shape index (κ2) is 5.45. The number of phenolic OH excluding ortho intramolecular Hbond substituents is 1. The molecule has 6 heteroatoms. The van der Waals surface area contributed by atoms with Crippen molar-refractivity contribution in [2.75, 3.05) is 0 Å². The van der Waals surface area contributed by atoms with Crippen LogP contribution in [0.15, 0.2) is 53.5 Å². The number of phenols is 1. The topological polar surface area (TPSA) is 90.1 Å². The van der Waals surface area contributed by atoms with Gasteiger partial charge in [-0.25, -0.2) is 0 Å². The molecule has 3 N–H and O–H groups in total. The molecule has 0 saturated carbocycles. The van der Waals surface area contributed by atoms with Crippen LogP contribution in [-0.2, 0) is 3.74 Å². The molecular weight excluding hydrogens is 309 g/mol. The van der Waals surface area contributed by atoms with Crippen LogP contribution < -0.4 is 4.35 Å². The first-order chi connectivity index (χ1) is 8.97. The molecule has 0 aliphatic rings. The second-order valence-corrected chi connectivity index (χ2v) is 7.24. The molecule has 0 aromatic heterocycles. The summed E-state index contributed by atoms with van der Waals surface area (Å²) in [6.07, 6.45) is 1.49. The molecule has 2 aromatic rings. The third-order valence-corrected chi connectivity index (χ3v) is 4.51. The molecule has 98 valence electrons. The van der Waals surface area contributed by atoms with Crippen molar-refractivity contribution in [3.05, 3.63) is 54.1 Å². The minimum absolute atomic E-state index is 0.0135. The van der Waals surface area contributed by atoms with E-state index >= 15 is 0 Å². The molecule has 0 saturated heterocycles. The quantitative estimate of drug-likeness (QED) is 0.573. The van der Waals surface area contributed by atoms with E-state index in [0.29, 0.717) is 11.3 Å². The van der Waals surface area contributed by atoms with Crippen LogP contribution in [0, 0.1) is 0 Å². The molecule has 0 atom stereocenters. The zero-order valence-corrected chi connectivity index (χ0v) is 11.7. The summed E-state index contributed by atoms with van der Waals surface area (Å²) in [4.78, 5) is 4.13. The van der Waals surface area contributed by atoms with Gasteiger partial charge in [-0.1, -0.05) is 0 Å². The Morgan fingerprint density at radius 2 is 1.63 bits per heavy atom. The predicted octanol–water partition coefficient (Wildman–Crippen LogP) is 0.704. The number of para-hydroxylation sites is 1. The van der Waals surface area contributed by atoms with Crippen LogP contribution in [0.5, 0.6) is 5.75 Å². The first kappa shape index (κ1) is 13.6. The van der Waals surface area contributed by atoms with E-state index in [1.165, 1.54) is 30.5 Å². The van der Waals surface area contributed by atoms with Crippen molar-refractivity contribution in [3.8, 4) is 5.75 Å². The molecule has 0 radical (unpaired) electrons. The van der Waals surface area contributed by atoms with Gasteiger partial charge in [-0.3, -0.25) is 0 Å². The summed E-state index contributed by atoms with van der Waals surface area (Å²) in [7, 11) is 0. The van der Waals surface area contributed by atoms with Gasteiger partial charge in [0, 0.05) is 0 Å². The normalized spacial score (nSPS) is 11.9. The molecule has 0 fully saturated rings. The van der Waals surface area contributed by atoms with Crippen LogP contribution in [-0.4, -0.2) is 33.7 Å². The van der Waals surface area contributed by atoms with Gasteiger partial charge in [0.25, 0.3) is 0 Å². The number of benzene rings is 2. The Morgan fingerprint density at radius 1 is 1.00 bits per heavy atom. The Hall–Kier alpha value is -1.81. The number of nitrogens with zero attached hydrogens (tertiary/aromatic N) is 1. The van der Waals surface area contributed by atoms with Gasteiger partial charge in [-0.05, 0) is 0 Å². The van der Waals surface area contributed by atoms with Crippen molar-refractivity contribution >= 4 is 30.4 Å². The van der Waals surface area contributed by atoms with Gasteiger partial charge >= 0.3 is 112 Å². The van der Waals surface area contributed by atoms with E-state index in [1.54, 1.807) is 24.3 Å². The van der Waals surface area contributed by atoms with Gasteiger partial charge in [0.2, 0.25) is 0 Å². The molecule has 0 heterocycles. The fourth-order valence-corrected chi connectivity index (χ4v) is 2.60. The summed E-state index contributed by atoms with van der Waals surface area (Å²) < 4.78 is 29.1. The van der Waals surface area contributed by atoms with Gasteiger partial charge < -0.3 is 0 Å². The molecular formula is C13H12AsNO4. The van der Waals surface area contributed by atoms with E-state index in [4.69, 9.17) is 8.19 Å². The minimum atomic E-state index is -4.83. The Kier molecular flexibility index (Phi) is 3.90. The summed E-state index contributed by atoms with van der Waals surface area (Å²) >= 11 is -4.83. The third-order valence-electron chi connectivity index (χ3n) is 2.48. The summed E-state index contributed by atoms with van der Waals surface area (Å²) in [6, 6.07) is 12.5. The predicted molar refractivity (Wildman–Crippen MR) is 72.3 cm³/mol. The molecule has 5 nitrogen and oxygen atoms in total. The van der Waals surface area contributed by atoms with Crippen LogP contribution in [0.4, 0.5) is 5.69 Å². The van der Waals surface area contributed by atoms with E-state index < -0.39 is 14.2 Å². The maximum absolute atomic E-state index is 11.1. The standard InChI is InChI=1S/C13H12AsNO4/c16-13-4-2-1-3-10(13)9-15-12-7-5-11(6-8-12)14(17,18)19/h1-9,16H,(H2,17,18,19). The van der Waals surface area contributed by atoms with Crippen LogP contribution in [0.1, 0.15) is 5.56 Å². The van der Waals surface area contributed by atoms with E-state index in [2.05, 4.69) is 4.99 Å². The van der Waals surface area contributed by atoms with Crippen molar-refractivity contribution in [1.29, 1.82) is 0 Å². The summed E-state index contributed by atoms with van der Waals surface area (Å²) in [5.74, 6) is 0.126. The maximum atomic E-state index is 11.1. The first-order valence-corrected chi connectivity index (χ1v) is 8.83. The first-order valence-electron chi connectivity index (χ1n) is 5.45. The molecule has 19 heavy (non-hydrogen) atoms. The molecule has 0 amide bonds. The van der Waals surface area contributed by atoms with Gasteiger partial charge in [0.15, 0.2) is 0 Å². The van der Waals surface area contributed by atoms with Gasteiger partial charge in [-0.2, -0.15) is 0 Å². The van der Waals surface area contributed by atoms with Gasteiger partial charge in [0.05, 0.1) is 0 Å². The molecule has 0 unspecified atom stereocenters. The monoisotopic (exact) mass is 321 g/mol. The average Bonchev–Trinajstić information content (AvgIpc) is 2.37. The number of hydrogen-bond acceptors (Lipinski definition) is 3. The van der Waals surface area contributed by atoms with Crippen molar-refractivity contribution in [1.82, 2.24) is 0 Å². The van der Waals surface area contributed by atoms with Gasteiger partial charge in [-0.15, -0.1) is 0 Å². The van der Waals surface area contributed by atoms with E-state index in [1.807, 2.05) is 0 Å². The van der Waals surface area contributed by atoms with E-state index in [9.17, 15) is 8.85 Å². The number of aliphatic imine (C=N–C) groups is 1. The Morgan fingerprint density at radius 3 is 2.21 bits per heavy atom. The molecule has 2 aromatic carbocycles. The van der Waals surface area contributed by atoms with Crippen molar-refractivity contribution in [3.63, 3.8) is 0 Å². The summed E-state index contributed by atoms with van der Waals surface area (Å²) in [6.45, 7) is 0. The van der Waals surface area contributed by atoms with Crippen molar-refractivity contribution < 1.29 is 17.0 Å². The number of hydrogen-bond donors (Lipinski definition) is 3. The summed E-state index contributed by atoms with van der Waals surface area (Å²) in [5, 5.41) is 9.55.